The zero-order valence-electron chi connectivity index (χ0n) is 16.1. The van der Waals surface area contributed by atoms with Gasteiger partial charge in [-0.05, 0) is 36.0 Å². The quantitative estimate of drug-likeness (QED) is 0.719. The van der Waals surface area contributed by atoms with Crippen LogP contribution in [-0.4, -0.2) is 39.6 Å². The fraction of sp³-hybridized carbons (Fsp3) is 0.273. The maximum absolute atomic E-state index is 13.1. The van der Waals surface area contributed by atoms with Gasteiger partial charge in [-0.15, -0.1) is 5.10 Å². The molecule has 2 aromatic carbocycles. The Balaban J connectivity index is 1.34. The van der Waals surface area contributed by atoms with Gasteiger partial charge >= 0.3 is 0 Å². The first kappa shape index (κ1) is 17.6. The van der Waals surface area contributed by atoms with Crippen molar-refractivity contribution >= 4 is 17.5 Å². The summed E-state index contributed by atoms with van der Waals surface area (Å²) in [5.41, 5.74) is 2.26. The van der Waals surface area contributed by atoms with E-state index in [2.05, 4.69) is 26.6 Å². The topological polar surface area (TPSA) is 91.0 Å². The summed E-state index contributed by atoms with van der Waals surface area (Å²) in [7, 11) is 1.76. The molecule has 2 bridgehead atoms. The molecule has 0 spiro atoms. The summed E-state index contributed by atoms with van der Waals surface area (Å²) in [6, 6.07) is 17.8. The fourth-order valence-corrected chi connectivity index (χ4v) is 4.44. The molecule has 146 valence electrons. The summed E-state index contributed by atoms with van der Waals surface area (Å²) in [5, 5.41) is 9.82. The predicted molar refractivity (Wildman–Crippen MR) is 108 cm³/mol. The van der Waals surface area contributed by atoms with Crippen LogP contribution in [0.2, 0.25) is 0 Å². The second-order valence-corrected chi connectivity index (χ2v) is 7.83. The molecule has 0 saturated heterocycles. The van der Waals surface area contributed by atoms with Crippen LogP contribution in [0.25, 0.3) is 0 Å². The zero-order chi connectivity index (χ0) is 20.0. The van der Waals surface area contributed by atoms with Crippen LogP contribution in [0, 0.1) is 0 Å². The number of benzene rings is 2. The summed E-state index contributed by atoms with van der Waals surface area (Å²) < 4.78 is 0. The first-order valence-corrected chi connectivity index (χ1v) is 9.70. The SMILES string of the molecule is CN1C(=O)C2(NC(=O)c3n[nH]c(Cc4ccccc4)n3)CC(C2)c2ccccc21. The van der Waals surface area contributed by atoms with E-state index in [1.54, 1.807) is 11.9 Å². The Morgan fingerprint density at radius 2 is 1.90 bits per heavy atom. The lowest BCUT2D eigenvalue weighted by Crippen LogP contribution is -2.64. The minimum atomic E-state index is -0.893. The minimum Gasteiger partial charge on any atom is -0.335 e. The third-order valence-corrected chi connectivity index (χ3v) is 5.94. The number of aromatic amines is 1. The van der Waals surface area contributed by atoms with Crippen LogP contribution in [0.1, 0.15) is 46.3 Å². The van der Waals surface area contributed by atoms with E-state index in [-0.39, 0.29) is 17.6 Å². The van der Waals surface area contributed by atoms with Crippen molar-refractivity contribution in [3.63, 3.8) is 0 Å². The van der Waals surface area contributed by atoms with Crippen LogP contribution in [0.4, 0.5) is 5.69 Å². The molecule has 1 fully saturated rings. The number of rotatable bonds is 4. The number of hydrogen-bond acceptors (Lipinski definition) is 4. The number of nitrogens with one attached hydrogen (secondary N) is 2. The van der Waals surface area contributed by atoms with Gasteiger partial charge in [0.1, 0.15) is 11.4 Å². The third kappa shape index (κ3) is 2.90. The van der Waals surface area contributed by atoms with Gasteiger partial charge in [0.25, 0.3) is 11.8 Å². The third-order valence-electron chi connectivity index (χ3n) is 5.94. The van der Waals surface area contributed by atoms with Crippen molar-refractivity contribution in [2.45, 2.75) is 30.7 Å². The van der Waals surface area contributed by atoms with E-state index >= 15 is 0 Å². The molecule has 7 nitrogen and oxygen atoms in total. The maximum atomic E-state index is 13.1. The lowest BCUT2D eigenvalue weighted by Gasteiger charge is -2.44. The minimum absolute atomic E-state index is 0.0611. The summed E-state index contributed by atoms with van der Waals surface area (Å²) in [5.74, 6) is 0.424. The van der Waals surface area contributed by atoms with E-state index in [0.717, 1.165) is 16.8 Å². The number of hydrogen-bond donors (Lipinski definition) is 2. The lowest BCUT2D eigenvalue weighted by atomic mass is 9.66. The molecule has 1 aromatic heterocycles. The van der Waals surface area contributed by atoms with Gasteiger partial charge in [0.15, 0.2) is 0 Å². The maximum Gasteiger partial charge on any atom is 0.291 e. The lowest BCUT2D eigenvalue weighted by molar-refractivity contribution is -0.127. The molecule has 7 heteroatoms. The number of likely N-dealkylation sites (N-methyl/N-ethyl adjacent to an activating group) is 1. The highest BCUT2D eigenvalue weighted by Gasteiger charge is 2.56. The number of anilines is 1. The van der Waals surface area contributed by atoms with Crippen molar-refractivity contribution in [1.82, 2.24) is 20.5 Å². The van der Waals surface area contributed by atoms with E-state index in [1.807, 2.05) is 48.5 Å². The molecular weight excluding hydrogens is 366 g/mol. The van der Waals surface area contributed by atoms with Gasteiger partial charge in [0, 0.05) is 19.2 Å². The number of nitrogens with zero attached hydrogens (tertiary/aromatic N) is 3. The second kappa shape index (κ2) is 6.55. The van der Waals surface area contributed by atoms with Crippen molar-refractivity contribution in [3.8, 4) is 0 Å². The molecule has 3 heterocycles. The number of carbonyl (C=O) groups is 2. The van der Waals surface area contributed by atoms with Crippen LogP contribution < -0.4 is 10.2 Å². The molecule has 3 aliphatic rings. The Bertz CT molecular complexity index is 1090. The molecule has 6 rings (SSSR count). The molecule has 29 heavy (non-hydrogen) atoms. The molecule has 1 saturated carbocycles. The Hall–Kier alpha value is -3.48. The van der Waals surface area contributed by atoms with Crippen LogP contribution in [0.5, 0.6) is 0 Å². The molecule has 0 atom stereocenters. The van der Waals surface area contributed by atoms with Crippen molar-refractivity contribution in [2.24, 2.45) is 0 Å². The van der Waals surface area contributed by atoms with Gasteiger partial charge in [-0.2, -0.15) is 0 Å². The Labute approximate surface area is 168 Å². The molecule has 0 radical (unpaired) electrons. The first-order valence-electron chi connectivity index (χ1n) is 9.70. The summed E-state index contributed by atoms with van der Waals surface area (Å²) in [6.07, 6.45) is 1.76. The highest BCUT2D eigenvalue weighted by molar-refractivity contribution is 6.06. The fourth-order valence-electron chi connectivity index (χ4n) is 4.44. The van der Waals surface area contributed by atoms with Gasteiger partial charge in [-0.3, -0.25) is 14.7 Å². The van der Waals surface area contributed by atoms with Crippen molar-refractivity contribution in [1.29, 1.82) is 0 Å². The van der Waals surface area contributed by atoms with Crippen molar-refractivity contribution in [3.05, 3.63) is 77.4 Å². The smallest absolute Gasteiger partial charge is 0.291 e. The summed E-state index contributed by atoms with van der Waals surface area (Å²) in [6.45, 7) is 0. The highest BCUT2D eigenvalue weighted by atomic mass is 16.2. The molecular formula is C22H21N5O2. The van der Waals surface area contributed by atoms with Crippen molar-refractivity contribution in [2.75, 3.05) is 11.9 Å². The molecule has 3 aromatic rings. The predicted octanol–water partition coefficient (Wildman–Crippen LogP) is 2.42. The number of H-pyrrole nitrogens is 1. The average Bonchev–Trinajstić information content (AvgIpc) is 3.13. The molecule has 2 amide bonds. The normalized spacial score (nSPS) is 22.4. The van der Waals surface area contributed by atoms with E-state index in [0.29, 0.717) is 25.1 Å². The number of amides is 2. The first-order chi connectivity index (χ1) is 14.1. The van der Waals surface area contributed by atoms with E-state index in [9.17, 15) is 9.59 Å². The summed E-state index contributed by atoms with van der Waals surface area (Å²) in [4.78, 5) is 31.9. The average molecular weight is 387 g/mol. The molecule has 2 N–H and O–H groups in total. The Morgan fingerprint density at radius 3 is 2.69 bits per heavy atom. The monoisotopic (exact) mass is 387 g/mol. The largest absolute Gasteiger partial charge is 0.335 e. The number of para-hydroxylation sites is 1. The molecule has 1 aliphatic carbocycles. The van der Waals surface area contributed by atoms with E-state index < -0.39 is 11.4 Å². The Morgan fingerprint density at radius 1 is 1.17 bits per heavy atom. The van der Waals surface area contributed by atoms with E-state index in [4.69, 9.17) is 0 Å². The molecule has 2 aliphatic heterocycles. The van der Waals surface area contributed by atoms with E-state index in [1.165, 1.54) is 0 Å². The van der Waals surface area contributed by atoms with Crippen LogP contribution >= 0.6 is 0 Å². The number of aromatic nitrogens is 3. The standard InChI is InChI=1S/C22H21N5O2/c1-27-17-10-6-5-9-16(17)15-12-22(13-15,21(27)29)24-20(28)19-23-18(25-26-19)11-14-7-3-2-4-8-14/h2-10,15H,11-13H2,1H3,(H,24,28)(H,23,25,26). The second-order valence-electron chi connectivity index (χ2n) is 7.83. The van der Waals surface area contributed by atoms with Crippen LogP contribution in [-0.2, 0) is 11.2 Å². The van der Waals surface area contributed by atoms with Gasteiger partial charge in [-0.25, -0.2) is 4.98 Å². The number of fused-ring (bicyclic) bond motifs is 1. The van der Waals surface area contributed by atoms with Gasteiger partial charge < -0.3 is 10.2 Å². The summed E-state index contributed by atoms with van der Waals surface area (Å²) >= 11 is 0. The number of carbonyl (C=O) groups excluding carboxylic acids is 2. The zero-order valence-corrected chi connectivity index (χ0v) is 16.1. The molecule has 0 unspecified atom stereocenters. The Kier molecular flexibility index (Phi) is 3.97. The van der Waals surface area contributed by atoms with Gasteiger partial charge in [0.05, 0.1) is 0 Å². The van der Waals surface area contributed by atoms with Crippen LogP contribution in [0.3, 0.4) is 0 Å². The van der Waals surface area contributed by atoms with Gasteiger partial charge in [-0.1, -0.05) is 48.5 Å². The van der Waals surface area contributed by atoms with Gasteiger partial charge in [0.2, 0.25) is 5.82 Å². The van der Waals surface area contributed by atoms with Crippen LogP contribution in [0.15, 0.2) is 54.6 Å². The highest BCUT2D eigenvalue weighted by Crippen LogP contribution is 2.51. The van der Waals surface area contributed by atoms with Crippen molar-refractivity contribution < 1.29 is 9.59 Å².